The van der Waals surface area contributed by atoms with E-state index in [2.05, 4.69) is 9.88 Å². The summed E-state index contributed by atoms with van der Waals surface area (Å²) >= 11 is 0. The van der Waals surface area contributed by atoms with E-state index < -0.39 is 5.41 Å². The van der Waals surface area contributed by atoms with Crippen molar-refractivity contribution in [3.05, 3.63) is 89.6 Å². The minimum Gasteiger partial charge on any atom is -0.493 e. The summed E-state index contributed by atoms with van der Waals surface area (Å²) < 4.78 is 7.88. The average molecular weight is 641 g/mol. The fourth-order valence-corrected chi connectivity index (χ4v) is 5.48. The Morgan fingerprint density at radius 2 is 1.61 bits per heavy atom. The van der Waals surface area contributed by atoms with Gasteiger partial charge in [-0.05, 0) is 69.0 Å². The van der Waals surface area contributed by atoms with Crippen LogP contribution in [0.3, 0.4) is 0 Å². The topological polar surface area (TPSA) is 88.0 Å². The van der Waals surface area contributed by atoms with E-state index in [0.717, 1.165) is 17.5 Å². The molecular weight excluding hydrogens is 601 g/mol. The number of halogens is 2. The maximum absolute atomic E-state index is 13.1. The Kier molecular flexibility index (Phi) is 11.4. The summed E-state index contributed by atoms with van der Waals surface area (Å²) in [5.41, 5.74) is 1.22. The van der Waals surface area contributed by atoms with E-state index in [9.17, 15) is 14.4 Å². The van der Waals surface area contributed by atoms with Gasteiger partial charge in [0, 0.05) is 69.0 Å². The Morgan fingerprint density at radius 3 is 2.34 bits per heavy atom. The van der Waals surface area contributed by atoms with Gasteiger partial charge in [0.1, 0.15) is 11.2 Å². The summed E-state index contributed by atoms with van der Waals surface area (Å²) in [5.74, 6) is 0.173. The molecule has 0 aliphatic carbocycles. The van der Waals surface area contributed by atoms with Crippen molar-refractivity contribution in [2.24, 2.45) is 5.41 Å². The van der Waals surface area contributed by atoms with Crippen molar-refractivity contribution in [2.75, 3.05) is 48.0 Å². The maximum atomic E-state index is 13.1. The molecular formula is C33H39Cl2N5O4. The lowest BCUT2D eigenvalue weighted by molar-refractivity contribution is -0.137. The fraction of sp³-hybridized carbons (Fsp3) is 0.333. The number of ether oxygens (including phenoxy) is 1. The third-order valence-electron chi connectivity index (χ3n) is 7.90. The van der Waals surface area contributed by atoms with Gasteiger partial charge in [-0.15, -0.1) is 24.8 Å². The number of amides is 2. The number of fused-ring (bicyclic) bond motifs is 2. The van der Waals surface area contributed by atoms with Crippen LogP contribution in [-0.4, -0.2) is 54.7 Å². The van der Waals surface area contributed by atoms with Gasteiger partial charge in [0.15, 0.2) is 0 Å². The van der Waals surface area contributed by atoms with Crippen LogP contribution in [0.1, 0.15) is 27.2 Å². The molecule has 0 radical (unpaired) electrons. The van der Waals surface area contributed by atoms with E-state index in [1.807, 2.05) is 73.8 Å². The van der Waals surface area contributed by atoms with Gasteiger partial charge < -0.3 is 24.0 Å². The van der Waals surface area contributed by atoms with Crippen LogP contribution in [-0.2, 0) is 16.1 Å². The molecule has 2 amide bonds. The molecule has 0 N–H and O–H groups in total. The number of hydrogen-bond donors (Lipinski definition) is 0. The molecule has 0 saturated carbocycles. The molecule has 3 heterocycles. The molecule has 0 atom stereocenters. The SMILES string of the molecule is CCN1C(=O)C(C)(C)C(=O)N(C)c2cc(OCCCN(CCn3ccc4ccccc4c3=O)c3ccncc3)ccc21.Cl.Cl. The van der Waals surface area contributed by atoms with Crippen molar-refractivity contribution < 1.29 is 14.3 Å². The number of benzene rings is 2. The Labute approximate surface area is 270 Å². The van der Waals surface area contributed by atoms with Gasteiger partial charge in [-0.3, -0.25) is 19.4 Å². The third-order valence-corrected chi connectivity index (χ3v) is 7.90. The lowest BCUT2D eigenvalue weighted by Crippen LogP contribution is -2.47. The normalized spacial score (nSPS) is 13.9. The number of carbonyl (C=O) groups is 2. The van der Waals surface area contributed by atoms with E-state index >= 15 is 0 Å². The summed E-state index contributed by atoms with van der Waals surface area (Å²) in [4.78, 5) is 48.9. The standard InChI is InChI=1S/C33H37N5O4.2ClH/c1-5-38-28-12-11-26(23-29(28)35(4)31(40)33(2,3)32(38)41)42-22-8-18-36(25-13-16-34-17-14-25)20-21-37-19-15-24-9-6-7-10-27(24)30(37)39;;/h6-7,9-17,19,23H,5,8,18,20-22H2,1-4H3;2*1H. The molecule has 9 nitrogen and oxygen atoms in total. The van der Waals surface area contributed by atoms with E-state index in [4.69, 9.17) is 4.74 Å². The predicted molar refractivity (Wildman–Crippen MR) is 181 cm³/mol. The molecule has 4 aromatic rings. The lowest BCUT2D eigenvalue weighted by Gasteiger charge is -2.27. The van der Waals surface area contributed by atoms with Gasteiger partial charge in [0.05, 0.1) is 18.0 Å². The second kappa shape index (κ2) is 14.6. The van der Waals surface area contributed by atoms with Crippen molar-refractivity contribution in [3.63, 3.8) is 0 Å². The molecule has 5 rings (SSSR count). The minimum absolute atomic E-state index is 0. The Balaban J connectivity index is 0.00000264. The molecule has 234 valence electrons. The second-order valence-electron chi connectivity index (χ2n) is 11.0. The highest BCUT2D eigenvalue weighted by atomic mass is 35.5. The van der Waals surface area contributed by atoms with Gasteiger partial charge in [0.25, 0.3) is 5.56 Å². The van der Waals surface area contributed by atoms with Gasteiger partial charge >= 0.3 is 0 Å². The van der Waals surface area contributed by atoms with Crippen LogP contribution < -0.4 is 25.0 Å². The zero-order valence-electron chi connectivity index (χ0n) is 25.4. The van der Waals surface area contributed by atoms with Crippen molar-refractivity contribution in [1.29, 1.82) is 0 Å². The number of anilines is 3. The maximum Gasteiger partial charge on any atom is 0.258 e. The second-order valence-corrected chi connectivity index (χ2v) is 11.0. The third kappa shape index (κ3) is 6.84. The highest BCUT2D eigenvalue weighted by molar-refractivity contribution is 6.20. The number of rotatable bonds is 10. The number of nitrogens with zero attached hydrogens (tertiary/aromatic N) is 5. The Hall–Kier alpha value is -4.08. The van der Waals surface area contributed by atoms with Gasteiger partial charge in [-0.25, -0.2) is 0 Å². The van der Waals surface area contributed by atoms with Crippen molar-refractivity contribution in [3.8, 4) is 5.75 Å². The molecule has 0 bridgehead atoms. The van der Waals surface area contributed by atoms with Gasteiger partial charge in [-0.1, -0.05) is 18.2 Å². The zero-order valence-corrected chi connectivity index (χ0v) is 27.1. The molecule has 0 fully saturated rings. The summed E-state index contributed by atoms with van der Waals surface area (Å²) in [6.45, 7) is 8.06. The van der Waals surface area contributed by atoms with E-state index in [1.54, 1.807) is 47.7 Å². The summed E-state index contributed by atoms with van der Waals surface area (Å²) in [5, 5.41) is 1.65. The van der Waals surface area contributed by atoms with Crippen molar-refractivity contribution in [2.45, 2.75) is 33.7 Å². The van der Waals surface area contributed by atoms with Crippen LogP contribution in [0.4, 0.5) is 17.1 Å². The number of hydrogen-bond acceptors (Lipinski definition) is 6. The van der Waals surface area contributed by atoms with E-state index in [0.29, 0.717) is 55.3 Å². The van der Waals surface area contributed by atoms with Crippen LogP contribution in [0.25, 0.3) is 10.8 Å². The molecule has 0 saturated heterocycles. The highest BCUT2D eigenvalue weighted by Crippen LogP contribution is 2.40. The Bertz CT molecular complexity index is 1660. The highest BCUT2D eigenvalue weighted by Gasteiger charge is 2.45. The quantitative estimate of drug-likeness (QED) is 0.166. The molecule has 1 aliphatic rings. The first-order chi connectivity index (χ1) is 20.2. The molecule has 2 aromatic heterocycles. The van der Waals surface area contributed by atoms with Crippen LogP contribution in [0.15, 0.2) is 84.0 Å². The molecule has 0 spiro atoms. The first-order valence-electron chi connectivity index (χ1n) is 14.3. The number of pyridine rings is 2. The molecule has 11 heteroatoms. The van der Waals surface area contributed by atoms with Crippen LogP contribution in [0.5, 0.6) is 5.75 Å². The van der Waals surface area contributed by atoms with Crippen molar-refractivity contribution in [1.82, 2.24) is 9.55 Å². The summed E-state index contributed by atoms with van der Waals surface area (Å²) in [6.07, 6.45) is 6.11. The average Bonchev–Trinajstić information content (AvgIpc) is 3.06. The van der Waals surface area contributed by atoms with Crippen LogP contribution >= 0.6 is 24.8 Å². The smallest absolute Gasteiger partial charge is 0.258 e. The lowest BCUT2D eigenvalue weighted by atomic mass is 9.90. The minimum atomic E-state index is -1.15. The predicted octanol–water partition coefficient (Wildman–Crippen LogP) is 5.57. The summed E-state index contributed by atoms with van der Waals surface area (Å²) in [6, 6.07) is 19.1. The van der Waals surface area contributed by atoms with Crippen LogP contribution in [0, 0.1) is 5.41 Å². The molecule has 1 aliphatic heterocycles. The number of aromatic nitrogens is 2. The fourth-order valence-electron chi connectivity index (χ4n) is 5.48. The van der Waals surface area contributed by atoms with E-state index in [1.165, 1.54) is 0 Å². The Morgan fingerprint density at radius 1 is 0.886 bits per heavy atom. The zero-order chi connectivity index (χ0) is 29.9. The number of carbonyl (C=O) groups excluding carboxylic acids is 2. The largest absolute Gasteiger partial charge is 0.493 e. The molecule has 0 unspecified atom stereocenters. The molecule has 44 heavy (non-hydrogen) atoms. The van der Waals surface area contributed by atoms with E-state index in [-0.39, 0.29) is 42.2 Å². The van der Waals surface area contributed by atoms with Gasteiger partial charge in [-0.2, -0.15) is 0 Å². The first kappa shape index (κ1) is 34.4. The summed E-state index contributed by atoms with van der Waals surface area (Å²) in [7, 11) is 1.70. The molecule has 2 aromatic carbocycles. The van der Waals surface area contributed by atoms with Gasteiger partial charge in [0.2, 0.25) is 11.8 Å². The first-order valence-corrected chi connectivity index (χ1v) is 14.3. The van der Waals surface area contributed by atoms with Crippen molar-refractivity contribution >= 4 is 64.5 Å². The monoisotopic (exact) mass is 639 g/mol. The van der Waals surface area contributed by atoms with Crippen LogP contribution in [0.2, 0.25) is 0 Å².